The summed E-state index contributed by atoms with van der Waals surface area (Å²) in [6, 6.07) is 0.0367. The lowest BCUT2D eigenvalue weighted by atomic mass is 10.1. The molecule has 32 heavy (non-hydrogen) atoms. The smallest absolute Gasteiger partial charge is 0.378 e. The standard InChI is InChI=1S/C22H31N5O5/c1-13(2)11-26-19-14(6-9-16(28)25(5)12-22(3,4)32)10-23-27(19)21(31)17(20(26)30)18(29)24-15-7-8-15/h6,9-10,13,15,32H,7-8,11-12H2,1-5H3,(H2,24,29,30,31)/p+1/b9-6+. The molecule has 1 fully saturated rings. The first-order chi connectivity index (χ1) is 14.9. The van der Waals surface area contributed by atoms with Gasteiger partial charge in [0.1, 0.15) is 0 Å². The van der Waals surface area contributed by atoms with E-state index in [4.69, 9.17) is 0 Å². The summed E-state index contributed by atoms with van der Waals surface area (Å²) in [5.41, 5.74) is -1.17. The molecule has 0 saturated heterocycles. The number of aromatic amines is 1. The number of nitrogens with zero attached hydrogens (tertiary/aromatic N) is 3. The highest BCUT2D eigenvalue weighted by Gasteiger charge is 2.34. The van der Waals surface area contributed by atoms with Gasteiger partial charge in [0.05, 0.1) is 23.9 Å². The molecule has 0 unspecified atom stereocenters. The van der Waals surface area contributed by atoms with E-state index in [9.17, 15) is 24.6 Å². The second-order valence-electron chi connectivity index (χ2n) is 9.48. The Morgan fingerprint density at radius 2 is 2.06 bits per heavy atom. The van der Waals surface area contributed by atoms with Crippen molar-refractivity contribution in [3.05, 3.63) is 33.8 Å². The van der Waals surface area contributed by atoms with Crippen LogP contribution >= 0.6 is 0 Å². The van der Waals surface area contributed by atoms with Crippen LogP contribution in [-0.4, -0.2) is 61.8 Å². The van der Waals surface area contributed by atoms with Crippen LogP contribution in [0.1, 0.15) is 56.5 Å². The molecule has 1 saturated carbocycles. The molecule has 10 heteroatoms. The number of hydrogen-bond acceptors (Lipinski definition) is 5. The maximum atomic E-state index is 13.0. The van der Waals surface area contributed by atoms with Crippen LogP contribution < -0.4 is 15.4 Å². The molecule has 10 nitrogen and oxygen atoms in total. The summed E-state index contributed by atoms with van der Waals surface area (Å²) in [6.45, 7) is 7.63. The molecule has 0 aliphatic heterocycles. The Bertz CT molecular complexity index is 1120. The lowest BCUT2D eigenvalue weighted by molar-refractivity contribution is -0.686. The van der Waals surface area contributed by atoms with Crippen molar-refractivity contribution in [3.63, 3.8) is 0 Å². The molecule has 0 atom stereocenters. The minimum absolute atomic E-state index is 0.0367. The van der Waals surface area contributed by atoms with Crippen LogP contribution in [0.25, 0.3) is 11.7 Å². The molecule has 1 aliphatic carbocycles. The number of aromatic hydroxyl groups is 1. The average molecular weight is 447 g/mol. The van der Waals surface area contributed by atoms with Gasteiger partial charge in [-0.05, 0) is 38.7 Å². The quantitative estimate of drug-likeness (QED) is 0.345. The van der Waals surface area contributed by atoms with Crippen molar-refractivity contribution in [1.29, 1.82) is 0 Å². The van der Waals surface area contributed by atoms with E-state index < -0.39 is 22.9 Å². The van der Waals surface area contributed by atoms with E-state index in [1.807, 2.05) is 13.8 Å². The van der Waals surface area contributed by atoms with Crippen LogP contribution in [-0.2, 0) is 11.3 Å². The Kier molecular flexibility index (Phi) is 6.45. The zero-order valence-electron chi connectivity index (χ0n) is 19.2. The molecule has 0 spiro atoms. The molecule has 2 amide bonds. The minimum atomic E-state index is -1.03. The summed E-state index contributed by atoms with van der Waals surface area (Å²) in [4.78, 5) is 39.5. The average Bonchev–Trinajstić information content (AvgIpc) is 3.37. The van der Waals surface area contributed by atoms with Crippen LogP contribution in [0.4, 0.5) is 0 Å². The van der Waals surface area contributed by atoms with E-state index in [0.717, 1.165) is 12.8 Å². The van der Waals surface area contributed by atoms with Gasteiger partial charge in [-0.25, -0.2) is 9.89 Å². The first-order valence-corrected chi connectivity index (χ1v) is 10.7. The molecule has 2 aromatic heterocycles. The van der Waals surface area contributed by atoms with Crippen molar-refractivity contribution < 1.29 is 24.4 Å². The van der Waals surface area contributed by atoms with E-state index in [2.05, 4.69) is 10.4 Å². The summed E-state index contributed by atoms with van der Waals surface area (Å²) in [7, 11) is 1.58. The van der Waals surface area contributed by atoms with E-state index in [-0.39, 0.29) is 30.0 Å². The molecule has 4 N–H and O–H groups in total. The largest absolute Gasteiger partial charge is 0.477 e. The molecule has 0 radical (unpaired) electrons. The molecule has 1 aliphatic rings. The van der Waals surface area contributed by atoms with Crippen molar-refractivity contribution >= 4 is 23.5 Å². The maximum Gasteiger partial charge on any atom is 0.378 e. The fourth-order valence-corrected chi connectivity index (χ4v) is 3.55. The summed E-state index contributed by atoms with van der Waals surface area (Å²) in [6.07, 6.45) is 6.12. The van der Waals surface area contributed by atoms with Gasteiger partial charge in [-0.1, -0.05) is 18.4 Å². The Morgan fingerprint density at radius 3 is 2.62 bits per heavy atom. The molecular formula is C22H32N5O5+. The summed E-state index contributed by atoms with van der Waals surface area (Å²) < 4.78 is 2.71. The molecule has 0 aromatic carbocycles. The Balaban J connectivity index is 2.05. The number of fused-ring (bicyclic) bond motifs is 1. The van der Waals surface area contributed by atoms with Gasteiger partial charge in [0.2, 0.25) is 11.5 Å². The van der Waals surface area contributed by atoms with Gasteiger partial charge < -0.3 is 20.4 Å². The molecule has 0 bridgehead atoms. The second-order valence-corrected chi connectivity index (χ2v) is 9.48. The monoisotopic (exact) mass is 446 g/mol. The second kappa shape index (κ2) is 8.78. The Morgan fingerprint density at radius 1 is 1.41 bits per heavy atom. The zero-order valence-corrected chi connectivity index (χ0v) is 19.2. The Labute approximate surface area is 186 Å². The van der Waals surface area contributed by atoms with Crippen molar-refractivity contribution in [2.45, 2.75) is 58.7 Å². The van der Waals surface area contributed by atoms with Gasteiger partial charge in [-0.2, -0.15) is 4.57 Å². The first-order valence-electron chi connectivity index (χ1n) is 10.7. The normalized spacial score (nSPS) is 14.5. The third kappa shape index (κ3) is 5.18. The number of H-pyrrole nitrogens is 1. The molecular weight excluding hydrogens is 414 g/mol. The van der Waals surface area contributed by atoms with Crippen molar-refractivity contribution in [3.8, 4) is 5.88 Å². The third-order valence-electron chi connectivity index (χ3n) is 5.06. The van der Waals surface area contributed by atoms with E-state index in [0.29, 0.717) is 17.8 Å². The highest BCUT2D eigenvalue weighted by molar-refractivity contribution is 5.96. The number of likely N-dealkylation sites (N-methyl/N-ethyl adjacent to an activating group) is 1. The SMILES string of the molecule is CC(C)C[n+]1c(O)c(C(=O)NC2CC2)c(=O)n2[nH]cc(/C=C/C(=O)N(C)CC(C)(C)O)c21. The number of rotatable bonds is 8. The van der Waals surface area contributed by atoms with Gasteiger partial charge in [-0.15, -0.1) is 0 Å². The van der Waals surface area contributed by atoms with Crippen LogP contribution in [0.2, 0.25) is 0 Å². The van der Waals surface area contributed by atoms with Gasteiger partial charge in [0, 0.05) is 25.7 Å². The van der Waals surface area contributed by atoms with Crippen LogP contribution in [0.15, 0.2) is 17.1 Å². The van der Waals surface area contributed by atoms with Crippen LogP contribution in [0, 0.1) is 5.92 Å². The van der Waals surface area contributed by atoms with Gasteiger partial charge in [0.15, 0.2) is 0 Å². The predicted molar refractivity (Wildman–Crippen MR) is 118 cm³/mol. The number of aromatic nitrogens is 3. The maximum absolute atomic E-state index is 13.0. The van der Waals surface area contributed by atoms with Crippen LogP contribution in [0.5, 0.6) is 5.88 Å². The van der Waals surface area contributed by atoms with Crippen molar-refractivity contribution in [2.24, 2.45) is 5.92 Å². The topological polar surface area (TPSA) is 131 Å². The number of carbonyl (C=O) groups excluding carboxylic acids is 2. The first kappa shape index (κ1) is 23.5. The van der Waals surface area contributed by atoms with Crippen molar-refractivity contribution in [2.75, 3.05) is 13.6 Å². The zero-order chi connectivity index (χ0) is 23.8. The minimum Gasteiger partial charge on any atom is -0.477 e. The number of aliphatic hydroxyl groups is 1. The predicted octanol–water partition coefficient (Wildman–Crippen LogP) is 0.411. The highest BCUT2D eigenvalue weighted by Crippen LogP contribution is 2.21. The Hall–Kier alpha value is -3.14. The lowest BCUT2D eigenvalue weighted by Crippen LogP contribution is -2.46. The molecule has 3 rings (SSSR count). The summed E-state index contributed by atoms with van der Waals surface area (Å²) in [5.74, 6) is -1.22. The van der Waals surface area contributed by atoms with Gasteiger partial charge in [0.25, 0.3) is 5.91 Å². The van der Waals surface area contributed by atoms with E-state index in [1.165, 1.54) is 32.3 Å². The fraction of sp³-hybridized carbons (Fsp3) is 0.545. The number of amides is 2. The molecule has 2 aromatic rings. The lowest BCUT2D eigenvalue weighted by Gasteiger charge is -2.24. The fourth-order valence-electron chi connectivity index (χ4n) is 3.55. The number of carbonyl (C=O) groups is 2. The van der Waals surface area contributed by atoms with E-state index in [1.54, 1.807) is 20.9 Å². The molecule has 174 valence electrons. The molecule has 2 heterocycles. The van der Waals surface area contributed by atoms with Gasteiger partial charge in [-0.3, -0.25) is 9.59 Å². The highest BCUT2D eigenvalue weighted by atomic mass is 16.3. The van der Waals surface area contributed by atoms with Crippen molar-refractivity contribution in [1.82, 2.24) is 19.8 Å². The number of hydrogen-bond donors (Lipinski definition) is 4. The van der Waals surface area contributed by atoms with Gasteiger partial charge >= 0.3 is 17.1 Å². The third-order valence-corrected chi connectivity index (χ3v) is 5.06. The summed E-state index contributed by atoms with van der Waals surface area (Å²) >= 11 is 0. The van der Waals surface area contributed by atoms with Crippen LogP contribution in [0.3, 0.4) is 0 Å². The summed E-state index contributed by atoms with van der Waals surface area (Å²) in [5, 5.41) is 26.4. The van der Waals surface area contributed by atoms with E-state index >= 15 is 0 Å². The number of nitrogens with one attached hydrogen (secondary N) is 2.